The molecule has 0 spiro atoms. The summed E-state index contributed by atoms with van der Waals surface area (Å²) in [7, 11) is 0. The summed E-state index contributed by atoms with van der Waals surface area (Å²) >= 11 is 5.58. The maximum atomic E-state index is 13.2. The van der Waals surface area contributed by atoms with E-state index in [9.17, 15) is 9.50 Å². The van der Waals surface area contributed by atoms with Crippen molar-refractivity contribution in [2.45, 2.75) is 32.4 Å². The van der Waals surface area contributed by atoms with Gasteiger partial charge in [-0.15, -0.1) is 0 Å². The fourth-order valence-electron chi connectivity index (χ4n) is 1.52. The molecular weight excluding hydrogens is 231 g/mol. The summed E-state index contributed by atoms with van der Waals surface area (Å²) in [5.74, 6) is -0.511. The number of anilines is 2. The minimum absolute atomic E-state index is 0.00266. The molecule has 0 heterocycles. The van der Waals surface area contributed by atoms with Crippen LogP contribution in [-0.2, 0) is 0 Å². The quantitative estimate of drug-likeness (QED) is 0.716. The zero-order valence-corrected chi connectivity index (χ0v) is 10.1. The van der Waals surface area contributed by atoms with Crippen molar-refractivity contribution in [2.75, 3.05) is 11.1 Å². The van der Waals surface area contributed by atoms with Gasteiger partial charge in [-0.3, -0.25) is 0 Å². The molecule has 0 radical (unpaired) electrons. The van der Waals surface area contributed by atoms with Gasteiger partial charge in [-0.25, -0.2) is 4.39 Å². The molecule has 2 atom stereocenters. The van der Waals surface area contributed by atoms with Crippen LogP contribution in [0.25, 0.3) is 0 Å². The number of hydrogen-bond donors (Lipinski definition) is 3. The molecule has 2 unspecified atom stereocenters. The van der Waals surface area contributed by atoms with Crippen molar-refractivity contribution < 1.29 is 9.50 Å². The van der Waals surface area contributed by atoms with Gasteiger partial charge in [-0.2, -0.15) is 0 Å². The van der Waals surface area contributed by atoms with Crippen LogP contribution in [0.15, 0.2) is 12.1 Å². The Kier molecular flexibility index (Phi) is 4.38. The average molecular weight is 247 g/mol. The van der Waals surface area contributed by atoms with Crippen LogP contribution in [0.4, 0.5) is 15.8 Å². The molecule has 16 heavy (non-hydrogen) atoms. The fraction of sp³-hybridized carbons (Fsp3) is 0.455. The predicted octanol–water partition coefficient (Wildman–Crippen LogP) is 2.63. The first-order valence-corrected chi connectivity index (χ1v) is 5.47. The summed E-state index contributed by atoms with van der Waals surface area (Å²) in [4.78, 5) is 0. The van der Waals surface area contributed by atoms with Crippen LogP contribution in [0.3, 0.4) is 0 Å². The molecule has 4 N–H and O–H groups in total. The van der Waals surface area contributed by atoms with Crippen LogP contribution in [0.5, 0.6) is 0 Å². The highest BCUT2D eigenvalue weighted by molar-refractivity contribution is 6.31. The zero-order chi connectivity index (χ0) is 12.3. The molecule has 1 aromatic carbocycles. The maximum absolute atomic E-state index is 13.2. The third-order valence-corrected chi connectivity index (χ3v) is 2.48. The standard InChI is InChI=1S/C11H16ClFN2O/c1-6(3-7(2)16)15-11-5-9(13)8(12)4-10(11)14/h4-7,15-16H,3,14H2,1-2H3. The third kappa shape index (κ3) is 3.54. The van der Waals surface area contributed by atoms with E-state index in [0.29, 0.717) is 17.8 Å². The molecule has 0 aliphatic carbocycles. The largest absolute Gasteiger partial charge is 0.397 e. The molecule has 0 saturated heterocycles. The minimum atomic E-state index is -0.511. The Hall–Kier alpha value is -1.00. The van der Waals surface area contributed by atoms with Gasteiger partial charge in [0.1, 0.15) is 5.82 Å². The zero-order valence-electron chi connectivity index (χ0n) is 9.30. The molecule has 90 valence electrons. The molecule has 0 amide bonds. The molecule has 0 aliphatic rings. The Morgan fingerprint density at radius 2 is 2.12 bits per heavy atom. The van der Waals surface area contributed by atoms with Crippen LogP contribution < -0.4 is 11.1 Å². The second-order valence-corrected chi connectivity index (χ2v) is 4.39. The Bertz CT molecular complexity index is 371. The molecule has 1 rings (SSSR count). The number of nitrogens with one attached hydrogen (secondary N) is 1. The van der Waals surface area contributed by atoms with E-state index in [-0.39, 0.29) is 11.1 Å². The molecule has 1 aromatic rings. The van der Waals surface area contributed by atoms with Crippen LogP contribution in [0, 0.1) is 5.82 Å². The van der Waals surface area contributed by atoms with Crippen molar-refractivity contribution in [3.05, 3.63) is 23.0 Å². The molecule has 0 fully saturated rings. The van der Waals surface area contributed by atoms with E-state index >= 15 is 0 Å². The van der Waals surface area contributed by atoms with Gasteiger partial charge in [-0.05, 0) is 26.3 Å². The van der Waals surface area contributed by atoms with E-state index in [1.54, 1.807) is 6.92 Å². The molecular formula is C11H16ClFN2O. The van der Waals surface area contributed by atoms with E-state index in [1.165, 1.54) is 12.1 Å². The lowest BCUT2D eigenvalue weighted by molar-refractivity contribution is 0.179. The Morgan fingerprint density at radius 3 is 2.69 bits per heavy atom. The number of aliphatic hydroxyl groups excluding tert-OH is 1. The highest BCUT2D eigenvalue weighted by Gasteiger charge is 2.10. The smallest absolute Gasteiger partial charge is 0.143 e. The molecule has 5 heteroatoms. The molecule has 0 saturated carbocycles. The van der Waals surface area contributed by atoms with Gasteiger partial charge in [0, 0.05) is 12.1 Å². The van der Waals surface area contributed by atoms with E-state index in [0.717, 1.165) is 0 Å². The first kappa shape index (κ1) is 13.1. The Morgan fingerprint density at radius 1 is 1.50 bits per heavy atom. The van der Waals surface area contributed by atoms with Crippen molar-refractivity contribution in [3.63, 3.8) is 0 Å². The van der Waals surface area contributed by atoms with Crippen LogP contribution in [-0.4, -0.2) is 17.3 Å². The van der Waals surface area contributed by atoms with Gasteiger partial charge in [0.15, 0.2) is 0 Å². The molecule has 3 nitrogen and oxygen atoms in total. The Labute approximate surface area is 99.4 Å². The molecule has 0 aromatic heterocycles. The summed E-state index contributed by atoms with van der Waals surface area (Å²) in [6.07, 6.45) is 0.143. The van der Waals surface area contributed by atoms with Crippen LogP contribution in [0.1, 0.15) is 20.3 Å². The van der Waals surface area contributed by atoms with E-state index < -0.39 is 11.9 Å². The number of rotatable bonds is 4. The first-order chi connectivity index (χ1) is 7.40. The van der Waals surface area contributed by atoms with Gasteiger partial charge in [0.2, 0.25) is 0 Å². The topological polar surface area (TPSA) is 58.3 Å². The van der Waals surface area contributed by atoms with E-state index in [1.807, 2.05) is 6.92 Å². The number of halogens is 2. The maximum Gasteiger partial charge on any atom is 0.143 e. The highest BCUT2D eigenvalue weighted by Crippen LogP contribution is 2.26. The number of nitrogen functional groups attached to an aromatic ring is 1. The van der Waals surface area contributed by atoms with Crippen molar-refractivity contribution in [1.82, 2.24) is 0 Å². The molecule has 0 bridgehead atoms. The second-order valence-electron chi connectivity index (χ2n) is 3.98. The lowest BCUT2D eigenvalue weighted by atomic mass is 10.1. The van der Waals surface area contributed by atoms with Crippen molar-refractivity contribution in [2.24, 2.45) is 0 Å². The summed E-state index contributed by atoms with van der Waals surface area (Å²) in [5, 5.41) is 12.2. The normalized spacial score (nSPS) is 14.6. The van der Waals surface area contributed by atoms with Gasteiger partial charge < -0.3 is 16.2 Å². The van der Waals surface area contributed by atoms with E-state index in [2.05, 4.69) is 5.32 Å². The summed E-state index contributed by atoms with van der Waals surface area (Å²) in [5.41, 5.74) is 6.58. The summed E-state index contributed by atoms with van der Waals surface area (Å²) in [6.45, 7) is 3.59. The fourth-order valence-corrected chi connectivity index (χ4v) is 1.70. The highest BCUT2D eigenvalue weighted by atomic mass is 35.5. The number of hydrogen-bond acceptors (Lipinski definition) is 3. The lowest BCUT2D eigenvalue weighted by Gasteiger charge is -2.18. The van der Waals surface area contributed by atoms with E-state index in [4.69, 9.17) is 17.3 Å². The van der Waals surface area contributed by atoms with Gasteiger partial charge in [0.05, 0.1) is 22.5 Å². The minimum Gasteiger partial charge on any atom is -0.397 e. The van der Waals surface area contributed by atoms with Crippen LogP contribution in [0.2, 0.25) is 5.02 Å². The van der Waals surface area contributed by atoms with Crippen molar-refractivity contribution in [1.29, 1.82) is 0 Å². The molecule has 0 aliphatic heterocycles. The first-order valence-electron chi connectivity index (χ1n) is 5.09. The number of benzene rings is 1. The third-order valence-electron chi connectivity index (χ3n) is 2.19. The predicted molar refractivity (Wildman–Crippen MR) is 65.2 cm³/mol. The number of aliphatic hydroxyl groups is 1. The van der Waals surface area contributed by atoms with Gasteiger partial charge in [-0.1, -0.05) is 11.6 Å². The van der Waals surface area contributed by atoms with Gasteiger partial charge >= 0.3 is 0 Å². The van der Waals surface area contributed by atoms with Crippen molar-refractivity contribution in [3.8, 4) is 0 Å². The number of nitrogens with two attached hydrogens (primary N) is 1. The Balaban J connectivity index is 2.77. The van der Waals surface area contributed by atoms with Crippen LogP contribution >= 0.6 is 11.6 Å². The summed E-state index contributed by atoms with van der Waals surface area (Å²) < 4.78 is 13.2. The second kappa shape index (κ2) is 5.37. The lowest BCUT2D eigenvalue weighted by Crippen LogP contribution is -2.21. The monoisotopic (exact) mass is 246 g/mol. The SMILES string of the molecule is CC(O)CC(C)Nc1cc(F)c(Cl)cc1N. The van der Waals surface area contributed by atoms with Gasteiger partial charge in [0.25, 0.3) is 0 Å². The van der Waals surface area contributed by atoms with Crippen molar-refractivity contribution >= 4 is 23.0 Å². The average Bonchev–Trinajstić information content (AvgIpc) is 2.12. The summed E-state index contributed by atoms with van der Waals surface area (Å²) in [6, 6.07) is 2.63.